The fourth-order valence-corrected chi connectivity index (χ4v) is 2.08. The molecule has 0 saturated heterocycles. The Hall–Kier alpha value is -2.26. The van der Waals surface area contributed by atoms with Crippen LogP contribution in [0.3, 0.4) is 0 Å². The number of nitrogens with zero attached hydrogens (tertiary/aromatic N) is 1. The lowest BCUT2D eigenvalue weighted by atomic mass is 10.2. The minimum Gasteiger partial charge on any atom is -0.455 e. The number of halogens is 1. The number of rotatable bonds is 2. The fraction of sp³-hybridized carbons (Fsp3) is 0. The van der Waals surface area contributed by atoms with E-state index in [1.54, 1.807) is 18.3 Å². The molecule has 2 aromatic carbocycles. The molecular weight excluding hydrogens is 260 g/mol. The number of pyridine rings is 1. The SMILES string of the molecule is Nc1cccc2c(Oc3ccccc3Cl)ccnc12. The van der Waals surface area contributed by atoms with E-state index >= 15 is 0 Å². The molecule has 1 heterocycles. The highest BCUT2D eigenvalue weighted by Crippen LogP contribution is 2.33. The number of nitrogens with two attached hydrogens (primary N) is 1. The summed E-state index contributed by atoms with van der Waals surface area (Å²) in [6, 6.07) is 14.7. The third-order valence-electron chi connectivity index (χ3n) is 2.82. The summed E-state index contributed by atoms with van der Waals surface area (Å²) in [5, 5.41) is 1.43. The molecular formula is C15H11ClN2O. The van der Waals surface area contributed by atoms with Crippen LogP contribution < -0.4 is 10.5 Å². The van der Waals surface area contributed by atoms with Gasteiger partial charge < -0.3 is 10.5 Å². The van der Waals surface area contributed by atoms with Crippen molar-refractivity contribution in [1.29, 1.82) is 0 Å². The third-order valence-corrected chi connectivity index (χ3v) is 3.13. The van der Waals surface area contributed by atoms with E-state index in [0.29, 0.717) is 22.2 Å². The van der Waals surface area contributed by atoms with Gasteiger partial charge in [0, 0.05) is 11.6 Å². The third kappa shape index (κ3) is 2.20. The molecule has 1 aromatic heterocycles. The lowest BCUT2D eigenvalue weighted by Crippen LogP contribution is -1.92. The van der Waals surface area contributed by atoms with Crippen LogP contribution in [0.2, 0.25) is 5.02 Å². The monoisotopic (exact) mass is 270 g/mol. The van der Waals surface area contributed by atoms with Crippen LogP contribution in [0.4, 0.5) is 5.69 Å². The van der Waals surface area contributed by atoms with Gasteiger partial charge in [0.15, 0.2) is 0 Å². The van der Waals surface area contributed by atoms with Crippen molar-refractivity contribution in [3.63, 3.8) is 0 Å². The zero-order chi connectivity index (χ0) is 13.2. The van der Waals surface area contributed by atoms with Gasteiger partial charge in [0.1, 0.15) is 11.5 Å². The van der Waals surface area contributed by atoms with E-state index in [4.69, 9.17) is 22.1 Å². The van der Waals surface area contributed by atoms with E-state index in [1.807, 2.05) is 36.4 Å². The Morgan fingerprint density at radius 2 is 1.79 bits per heavy atom. The standard InChI is InChI=1S/C15H11ClN2O/c16-11-5-1-2-7-14(11)19-13-8-9-18-15-10(13)4-3-6-12(15)17/h1-9H,17H2. The molecule has 0 atom stereocenters. The summed E-state index contributed by atoms with van der Waals surface area (Å²) in [4.78, 5) is 4.27. The second-order valence-corrected chi connectivity index (χ2v) is 4.49. The minimum absolute atomic E-state index is 0.566. The smallest absolute Gasteiger partial charge is 0.146 e. The largest absolute Gasteiger partial charge is 0.455 e. The molecule has 0 unspecified atom stereocenters. The highest BCUT2D eigenvalue weighted by atomic mass is 35.5. The summed E-state index contributed by atoms with van der Waals surface area (Å²) in [5.74, 6) is 1.30. The van der Waals surface area contributed by atoms with Crippen LogP contribution in [-0.4, -0.2) is 4.98 Å². The molecule has 0 fully saturated rings. The molecule has 0 aliphatic carbocycles. The van der Waals surface area contributed by atoms with E-state index in [2.05, 4.69) is 4.98 Å². The van der Waals surface area contributed by atoms with Gasteiger partial charge in [0.2, 0.25) is 0 Å². The maximum Gasteiger partial charge on any atom is 0.146 e. The number of hydrogen-bond acceptors (Lipinski definition) is 3. The van der Waals surface area contributed by atoms with Gasteiger partial charge in [-0.3, -0.25) is 4.98 Å². The quantitative estimate of drug-likeness (QED) is 0.708. The Kier molecular flexibility index (Phi) is 2.97. The number of para-hydroxylation sites is 2. The summed E-state index contributed by atoms with van der Waals surface area (Å²) in [6.07, 6.45) is 1.67. The van der Waals surface area contributed by atoms with Crippen LogP contribution in [0.5, 0.6) is 11.5 Å². The molecule has 3 nitrogen and oxygen atoms in total. The van der Waals surface area contributed by atoms with Gasteiger partial charge in [-0.15, -0.1) is 0 Å². The number of ether oxygens (including phenoxy) is 1. The molecule has 0 bridgehead atoms. The van der Waals surface area contributed by atoms with E-state index in [0.717, 1.165) is 10.9 Å². The minimum atomic E-state index is 0.566. The Morgan fingerprint density at radius 1 is 0.947 bits per heavy atom. The lowest BCUT2D eigenvalue weighted by molar-refractivity contribution is 0.488. The van der Waals surface area contributed by atoms with Crippen molar-refractivity contribution in [2.24, 2.45) is 0 Å². The molecule has 94 valence electrons. The zero-order valence-corrected chi connectivity index (χ0v) is 10.8. The summed E-state index contributed by atoms with van der Waals surface area (Å²) >= 11 is 6.09. The Bertz CT molecular complexity index is 743. The van der Waals surface area contributed by atoms with Crippen molar-refractivity contribution in [3.8, 4) is 11.5 Å². The number of anilines is 1. The second-order valence-electron chi connectivity index (χ2n) is 4.08. The van der Waals surface area contributed by atoms with E-state index in [-0.39, 0.29) is 0 Å². The van der Waals surface area contributed by atoms with Crippen LogP contribution in [0.1, 0.15) is 0 Å². The van der Waals surface area contributed by atoms with Gasteiger partial charge in [-0.25, -0.2) is 0 Å². The molecule has 3 aromatic rings. The highest BCUT2D eigenvalue weighted by Gasteiger charge is 2.08. The van der Waals surface area contributed by atoms with E-state index in [9.17, 15) is 0 Å². The summed E-state index contributed by atoms with van der Waals surface area (Å²) < 4.78 is 5.85. The number of hydrogen-bond donors (Lipinski definition) is 1. The normalized spacial score (nSPS) is 10.6. The van der Waals surface area contributed by atoms with Crippen molar-refractivity contribution in [3.05, 3.63) is 59.8 Å². The molecule has 2 N–H and O–H groups in total. The first-order chi connectivity index (χ1) is 9.25. The maximum absolute atomic E-state index is 6.09. The van der Waals surface area contributed by atoms with Gasteiger partial charge in [-0.2, -0.15) is 0 Å². The lowest BCUT2D eigenvalue weighted by Gasteiger charge is -2.10. The topological polar surface area (TPSA) is 48.1 Å². The van der Waals surface area contributed by atoms with Crippen molar-refractivity contribution >= 4 is 28.2 Å². The molecule has 0 aliphatic rings. The highest BCUT2D eigenvalue weighted by molar-refractivity contribution is 6.32. The first-order valence-electron chi connectivity index (χ1n) is 5.81. The van der Waals surface area contributed by atoms with Gasteiger partial charge in [0.25, 0.3) is 0 Å². The average molecular weight is 271 g/mol. The van der Waals surface area contributed by atoms with Gasteiger partial charge in [0.05, 0.1) is 16.2 Å². The predicted octanol–water partition coefficient (Wildman–Crippen LogP) is 4.26. The molecule has 19 heavy (non-hydrogen) atoms. The Labute approximate surface area is 115 Å². The Morgan fingerprint density at radius 3 is 2.63 bits per heavy atom. The molecule has 0 saturated carbocycles. The van der Waals surface area contributed by atoms with Gasteiger partial charge in [-0.1, -0.05) is 29.8 Å². The van der Waals surface area contributed by atoms with Crippen LogP contribution in [-0.2, 0) is 0 Å². The van der Waals surface area contributed by atoms with E-state index < -0.39 is 0 Å². The molecule has 4 heteroatoms. The number of fused-ring (bicyclic) bond motifs is 1. The fourth-order valence-electron chi connectivity index (χ4n) is 1.91. The number of benzene rings is 2. The molecule has 0 amide bonds. The van der Waals surface area contributed by atoms with Crippen LogP contribution >= 0.6 is 11.6 Å². The molecule has 0 aliphatic heterocycles. The predicted molar refractivity (Wildman–Crippen MR) is 77.7 cm³/mol. The van der Waals surface area contributed by atoms with Gasteiger partial charge in [-0.05, 0) is 30.3 Å². The summed E-state index contributed by atoms with van der Waals surface area (Å²) in [6.45, 7) is 0. The van der Waals surface area contributed by atoms with Gasteiger partial charge >= 0.3 is 0 Å². The van der Waals surface area contributed by atoms with E-state index in [1.165, 1.54) is 0 Å². The van der Waals surface area contributed by atoms with Crippen LogP contribution in [0.25, 0.3) is 10.9 Å². The van der Waals surface area contributed by atoms with Crippen LogP contribution in [0.15, 0.2) is 54.7 Å². The summed E-state index contributed by atoms with van der Waals surface area (Å²) in [5.41, 5.74) is 7.26. The molecule has 0 radical (unpaired) electrons. The first-order valence-corrected chi connectivity index (χ1v) is 6.19. The maximum atomic E-state index is 6.09. The zero-order valence-electron chi connectivity index (χ0n) is 10.0. The van der Waals surface area contributed by atoms with Crippen molar-refractivity contribution in [1.82, 2.24) is 4.98 Å². The summed E-state index contributed by atoms with van der Waals surface area (Å²) in [7, 11) is 0. The van der Waals surface area contributed by atoms with Crippen molar-refractivity contribution in [2.75, 3.05) is 5.73 Å². The second kappa shape index (κ2) is 4.78. The molecule has 0 spiro atoms. The average Bonchev–Trinajstić information content (AvgIpc) is 2.42. The number of aromatic nitrogens is 1. The van der Waals surface area contributed by atoms with Crippen LogP contribution in [0, 0.1) is 0 Å². The Balaban J connectivity index is 2.12. The first kappa shape index (κ1) is 11.8. The number of nitrogen functional groups attached to an aromatic ring is 1. The molecule has 3 rings (SSSR count). The van der Waals surface area contributed by atoms with Crippen molar-refractivity contribution < 1.29 is 4.74 Å². The van der Waals surface area contributed by atoms with Crippen molar-refractivity contribution in [2.45, 2.75) is 0 Å².